The molecule has 3 aromatic carbocycles. The molecule has 1 aromatic heterocycles. The fourth-order valence-electron chi connectivity index (χ4n) is 3.32. The average molecular weight is 325 g/mol. The Balaban J connectivity index is 1.82. The van der Waals surface area contributed by atoms with Crippen LogP contribution in [0.4, 0.5) is 0 Å². The summed E-state index contributed by atoms with van der Waals surface area (Å²) in [5, 5.41) is 13.1. The molecule has 0 aliphatic carbocycles. The SMILES string of the molecule is OC1=C(c2ccccc2)Oc2cc3ccccc3cc2-n2cccc21. The maximum absolute atomic E-state index is 10.9. The van der Waals surface area contributed by atoms with Crippen LogP contribution >= 0.6 is 0 Å². The minimum absolute atomic E-state index is 0.136. The number of benzene rings is 3. The van der Waals surface area contributed by atoms with Crippen LogP contribution in [0.25, 0.3) is 28.0 Å². The second-order valence-electron chi connectivity index (χ2n) is 6.08. The van der Waals surface area contributed by atoms with Gasteiger partial charge in [-0.2, -0.15) is 0 Å². The Hall–Kier alpha value is -3.46. The molecule has 3 nitrogen and oxygen atoms in total. The van der Waals surface area contributed by atoms with Crippen molar-refractivity contribution in [3.63, 3.8) is 0 Å². The van der Waals surface area contributed by atoms with Crippen molar-refractivity contribution in [2.75, 3.05) is 0 Å². The largest absolute Gasteiger partial charge is 0.503 e. The van der Waals surface area contributed by atoms with Crippen LogP contribution in [0.2, 0.25) is 0 Å². The standard InChI is InChI=1S/C22H15NO2/c24-21-18-11-6-12-23(18)19-13-16-9-4-5-10-17(16)14-20(19)25-22(21)15-7-2-1-3-8-15/h1-14,24H. The van der Waals surface area contributed by atoms with Gasteiger partial charge in [0.05, 0.1) is 11.4 Å². The molecular formula is C22H15NO2. The monoisotopic (exact) mass is 325 g/mol. The first kappa shape index (κ1) is 13.9. The van der Waals surface area contributed by atoms with E-state index in [1.807, 2.05) is 71.4 Å². The molecule has 0 atom stereocenters. The van der Waals surface area contributed by atoms with Crippen molar-refractivity contribution < 1.29 is 9.84 Å². The molecule has 1 aliphatic heterocycles. The van der Waals surface area contributed by atoms with E-state index in [0.29, 0.717) is 11.5 Å². The number of ether oxygens (including phenoxy) is 1. The van der Waals surface area contributed by atoms with E-state index >= 15 is 0 Å². The molecule has 0 amide bonds. The van der Waals surface area contributed by atoms with Crippen LogP contribution in [0.15, 0.2) is 85.1 Å². The van der Waals surface area contributed by atoms with E-state index in [2.05, 4.69) is 18.2 Å². The van der Waals surface area contributed by atoms with Crippen LogP contribution in [0.3, 0.4) is 0 Å². The van der Waals surface area contributed by atoms with Gasteiger partial charge in [0.15, 0.2) is 17.3 Å². The first-order chi connectivity index (χ1) is 12.3. The molecule has 0 spiro atoms. The number of fused-ring (bicyclic) bond motifs is 4. The van der Waals surface area contributed by atoms with Crippen molar-refractivity contribution in [2.24, 2.45) is 0 Å². The second kappa shape index (κ2) is 5.28. The van der Waals surface area contributed by atoms with Crippen LogP contribution in [0.1, 0.15) is 11.3 Å². The van der Waals surface area contributed by atoms with Gasteiger partial charge in [0.1, 0.15) is 0 Å². The third-order valence-corrected chi connectivity index (χ3v) is 4.54. The molecule has 0 saturated carbocycles. The quantitative estimate of drug-likeness (QED) is 0.508. The molecular weight excluding hydrogens is 310 g/mol. The van der Waals surface area contributed by atoms with Crippen molar-refractivity contribution in [1.29, 1.82) is 0 Å². The van der Waals surface area contributed by atoms with E-state index in [-0.39, 0.29) is 5.76 Å². The van der Waals surface area contributed by atoms with Crippen molar-refractivity contribution in [1.82, 2.24) is 4.57 Å². The van der Waals surface area contributed by atoms with E-state index in [4.69, 9.17) is 4.74 Å². The fraction of sp³-hybridized carbons (Fsp3) is 0. The summed E-state index contributed by atoms with van der Waals surface area (Å²) in [5.41, 5.74) is 2.47. The number of aliphatic hydroxyl groups excluding tert-OH is 1. The highest BCUT2D eigenvalue weighted by atomic mass is 16.5. The second-order valence-corrected chi connectivity index (χ2v) is 6.08. The lowest BCUT2D eigenvalue weighted by Gasteiger charge is -2.13. The lowest BCUT2D eigenvalue weighted by atomic mass is 10.1. The molecule has 25 heavy (non-hydrogen) atoms. The summed E-state index contributed by atoms with van der Waals surface area (Å²) in [4.78, 5) is 0. The number of nitrogens with zero attached hydrogens (tertiary/aromatic N) is 1. The van der Waals surface area contributed by atoms with Gasteiger partial charge in [-0.25, -0.2) is 0 Å². The third kappa shape index (κ3) is 2.13. The van der Waals surface area contributed by atoms with Gasteiger partial charge in [-0.05, 0) is 35.0 Å². The van der Waals surface area contributed by atoms with Crippen molar-refractivity contribution in [2.45, 2.75) is 0 Å². The zero-order valence-electron chi connectivity index (χ0n) is 13.4. The first-order valence-corrected chi connectivity index (χ1v) is 8.19. The van der Waals surface area contributed by atoms with Gasteiger partial charge in [-0.1, -0.05) is 54.6 Å². The summed E-state index contributed by atoms with van der Waals surface area (Å²) < 4.78 is 8.18. The molecule has 4 aromatic rings. The molecule has 1 aliphatic rings. The first-order valence-electron chi connectivity index (χ1n) is 8.19. The highest BCUT2D eigenvalue weighted by molar-refractivity contribution is 5.91. The van der Waals surface area contributed by atoms with Gasteiger partial charge in [0.25, 0.3) is 0 Å². The maximum Gasteiger partial charge on any atom is 0.183 e. The van der Waals surface area contributed by atoms with Gasteiger partial charge in [0, 0.05) is 11.8 Å². The van der Waals surface area contributed by atoms with Crippen LogP contribution in [0.5, 0.6) is 5.75 Å². The van der Waals surface area contributed by atoms with Crippen LogP contribution in [-0.4, -0.2) is 9.67 Å². The van der Waals surface area contributed by atoms with Gasteiger partial charge < -0.3 is 14.4 Å². The summed E-state index contributed by atoms with van der Waals surface area (Å²) in [6.45, 7) is 0. The fourth-order valence-corrected chi connectivity index (χ4v) is 3.32. The Kier molecular flexibility index (Phi) is 2.94. The lowest BCUT2D eigenvalue weighted by Crippen LogP contribution is -1.98. The molecule has 3 heteroatoms. The van der Waals surface area contributed by atoms with Crippen molar-refractivity contribution in [3.8, 4) is 11.4 Å². The summed E-state index contributed by atoms with van der Waals surface area (Å²) >= 11 is 0. The van der Waals surface area contributed by atoms with Crippen LogP contribution in [0, 0.1) is 0 Å². The van der Waals surface area contributed by atoms with Gasteiger partial charge in [0.2, 0.25) is 0 Å². The Labute approximate surface area is 145 Å². The molecule has 0 saturated heterocycles. The number of aromatic nitrogens is 1. The molecule has 0 fully saturated rings. The smallest absolute Gasteiger partial charge is 0.183 e. The average Bonchev–Trinajstić information content (AvgIpc) is 3.11. The maximum atomic E-state index is 10.9. The van der Waals surface area contributed by atoms with Crippen LogP contribution in [-0.2, 0) is 0 Å². The highest BCUT2D eigenvalue weighted by Crippen LogP contribution is 2.39. The highest BCUT2D eigenvalue weighted by Gasteiger charge is 2.23. The molecule has 1 N–H and O–H groups in total. The van der Waals surface area contributed by atoms with E-state index in [9.17, 15) is 5.11 Å². The predicted octanol–water partition coefficient (Wildman–Crippen LogP) is 5.41. The Morgan fingerprint density at radius 2 is 1.48 bits per heavy atom. The number of hydrogen-bond donors (Lipinski definition) is 1. The van der Waals surface area contributed by atoms with E-state index in [1.54, 1.807) is 0 Å². The minimum Gasteiger partial charge on any atom is -0.503 e. The number of aliphatic hydroxyl groups is 1. The Bertz CT molecular complexity index is 1120. The van der Waals surface area contributed by atoms with Crippen molar-refractivity contribution >= 4 is 22.3 Å². The summed E-state index contributed by atoms with van der Waals surface area (Å²) in [6.07, 6.45) is 1.94. The third-order valence-electron chi connectivity index (χ3n) is 4.54. The lowest BCUT2D eigenvalue weighted by molar-refractivity contribution is 0.468. The predicted molar refractivity (Wildman–Crippen MR) is 99.8 cm³/mol. The zero-order chi connectivity index (χ0) is 16.8. The topological polar surface area (TPSA) is 34.4 Å². The van der Waals surface area contributed by atoms with Gasteiger partial charge in [-0.3, -0.25) is 0 Å². The minimum atomic E-state index is 0.136. The van der Waals surface area contributed by atoms with E-state index < -0.39 is 0 Å². The number of rotatable bonds is 1. The van der Waals surface area contributed by atoms with Gasteiger partial charge >= 0.3 is 0 Å². The van der Waals surface area contributed by atoms with Gasteiger partial charge in [-0.15, -0.1) is 0 Å². The summed E-state index contributed by atoms with van der Waals surface area (Å²) in [6, 6.07) is 25.8. The Morgan fingerprint density at radius 3 is 2.28 bits per heavy atom. The molecule has 2 heterocycles. The van der Waals surface area contributed by atoms with Crippen LogP contribution < -0.4 is 4.74 Å². The Morgan fingerprint density at radius 1 is 0.760 bits per heavy atom. The number of hydrogen-bond acceptors (Lipinski definition) is 2. The molecule has 0 bridgehead atoms. The summed E-state index contributed by atoms with van der Waals surface area (Å²) in [5.74, 6) is 1.32. The zero-order valence-corrected chi connectivity index (χ0v) is 13.4. The molecule has 120 valence electrons. The molecule has 5 rings (SSSR count). The van der Waals surface area contributed by atoms with E-state index in [1.165, 1.54) is 0 Å². The molecule has 0 radical (unpaired) electrons. The molecule has 0 unspecified atom stereocenters. The van der Waals surface area contributed by atoms with E-state index in [0.717, 1.165) is 27.8 Å². The summed E-state index contributed by atoms with van der Waals surface area (Å²) in [7, 11) is 0. The normalized spacial score (nSPS) is 13.1. The van der Waals surface area contributed by atoms with Crippen molar-refractivity contribution in [3.05, 3.63) is 96.3 Å².